The fourth-order valence-corrected chi connectivity index (χ4v) is 3.96. The van der Waals surface area contributed by atoms with E-state index >= 15 is 0 Å². The van der Waals surface area contributed by atoms with Crippen LogP contribution in [0, 0.1) is 11.8 Å². The molecule has 2 saturated heterocycles. The van der Waals surface area contributed by atoms with Gasteiger partial charge in [-0.25, -0.2) is 0 Å². The lowest BCUT2D eigenvalue weighted by atomic mass is 9.84. The molecule has 5 heteroatoms. The smallest absolute Gasteiger partial charge is 0.220 e. The molecular formula is C18H36N4O. The van der Waals surface area contributed by atoms with Gasteiger partial charge in [-0.05, 0) is 77.8 Å². The zero-order valence-corrected chi connectivity index (χ0v) is 15.3. The van der Waals surface area contributed by atoms with Crippen LogP contribution >= 0.6 is 0 Å². The highest BCUT2D eigenvalue weighted by Gasteiger charge is 2.22. The van der Waals surface area contributed by atoms with Crippen LogP contribution in [0.25, 0.3) is 0 Å². The summed E-state index contributed by atoms with van der Waals surface area (Å²) in [5, 5.41) is 6.52. The fraction of sp³-hybridized carbons (Fsp3) is 0.944. The molecule has 2 rings (SSSR count). The van der Waals surface area contributed by atoms with Crippen LogP contribution < -0.4 is 10.6 Å². The minimum Gasteiger partial charge on any atom is -0.355 e. The zero-order chi connectivity index (χ0) is 16.7. The fourth-order valence-electron chi connectivity index (χ4n) is 3.96. The summed E-state index contributed by atoms with van der Waals surface area (Å²) in [5.74, 6) is 1.46. The molecule has 5 nitrogen and oxygen atoms in total. The van der Waals surface area contributed by atoms with Crippen molar-refractivity contribution < 1.29 is 4.79 Å². The average Bonchev–Trinajstić information content (AvgIpc) is 2.56. The van der Waals surface area contributed by atoms with Gasteiger partial charge >= 0.3 is 0 Å². The Labute approximate surface area is 142 Å². The van der Waals surface area contributed by atoms with E-state index in [-0.39, 0.29) is 5.91 Å². The van der Waals surface area contributed by atoms with E-state index in [9.17, 15) is 4.79 Å². The summed E-state index contributed by atoms with van der Waals surface area (Å²) in [4.78, 5) is 16.9. The SMILES string of the molecule is CC(CC(=O)NCCN1CCC(N(C)C)CC1)C1CCNCC1. The van der Waals surface area contributed by atoms with Gasteiger partial charge in [0.05, 0.1) is 0 Å². The van der Waals surface area contributed by atoms with Crippen molar-refractivity contribution in [3.63, 3.8) is 0 Å². The van der Waals surface area contributed by atoms with Crippen LogP contribution in [0.2, 0.25) is 0 Å². The van der Waals surface area contributed by atoms with Crippen LogP contribution in [0.4, 0.5) is 0 Å². The number of carbonyl (C=O) groups is 1. The maximum absolute atomic E-state index is 12.1. The second kappa shape index (κ2) is 9.60. The molecule has 2 aliphatic heterocycles. The lowest BCUT2D eigenvalue weighted by Crippen LogP contribution is -2.44. The number of piperidine rings is 2. The van der Waals surface area contributed by atoms with Gasteiger partial charge < -0.3 is 20.4 Å². The van der Waals surface area contributed by atoms with Crippen molar-refractivity contribution >= 4 is 5.91 Å². The highest BCUT2D eigenvalue weighted by atomic mass is 16.1. The topological polar surface area (TPSA) is 47.6 Å². The number of rotatable bonds is 7. The van der Waals surface area contributed by atoms with Crippen molar-refractivity contribution in [2.75, 3.05) is 53.4 Å². The molecule has 0 radical (unpaired) electrons. The molecule has 2 N–H and O–H groups in total. The van der Waals surface area contributed by atoms with E-state index in [2.05, 4.69) is 41.5 Å². The molecule has 0 aromatic heterocycles. The zero-order valence-electron chi connectivity index (χ0n) is 15.3. The molecule has 134 valence electrons. The third-order valence-electron chi connectivity index (χ3n) is 5.73. The molecule has 1 unspecified atom stereocenters. The van der Waals surface area contributed by atoms with Gasteiger partial charge in [0.15, 0.2) is 0 Å². The highest BCUT2D eigenvalue weighted by Crippen LogP contribution is 2.24. The molecule has 23 heavy (non-hydrogen) atoms. The third kappa shape index (κ3) is 6.40. The van der Waals surface area contributed by atoms with Crippen molar-refractivity contribution in [2.45, 2.75) is 45.1 Å². The van der Waals surface area contributed by atoms with Gasteiger partial charge in [0.1, 0.15) is 0 Å². The first kappa shape index (κ1) is 18.7. The standard InChI is InChI=1S/C18H36N4O/c1-15(16-4-8-19-9-5-16)14-18(23)20-10-13-22-11-6-17(7-12-22)21(2)3/h15-17,19H,4-14H2,1-3H3,(H,20,23). The maximum atomic E-state index is 12.1. The van der Waals surface area contributed by atoms with Gasteiger partial charge in [-0.3, -0.25) is 4.79 Å². The number of nitrogens with one attached hydrogen (secondary N) is 2. The number of likely N-dealkylation sites (tertiary alicyclic amines) is 1. The normalized spacial score (nSPS) is 23.1. The van der Waals surface area contributed by atoms with Gasteiger partial charge in [0, 0.05) is 25.6 Å². The largest absolute Gasteiger partial charge is 0.355 e. The second-order valence-corrected chi connectivity index (χ2v) is 7.66. The van der Waals surface area contributed by atoms with Gasteiger partial charge in [0.2, 0.25) is 5.91 Å². The lowest BCUT2D eigenvalue weighted by Gasteiger charge is -2.35. The molecule has 2 heterocycles. The second-order valence-electron chi connectivity index (χ2n) is 7.66. The summed E-state index contributed by atoms with van der Waals surface area (Å²) in [6, 6.07) is 0.728. The highest BCUT2D eigenvalue weighted by molar-refractivity contribution is 5.76. The van der Waals surface area contributed by atoms with E-state index < -0.39 is 0 Å². The first-order valence-electron chi connectivity index (χ1n) is 9.42. The Kier molecular flexibility index (Phi) is 7.80. The molecule has 0 aromatic carbocycles. The van der Waals surface area contributed by atoms with Crippen molar-refractivity contribution in [1.29, 1.82) is 0 Å². The predicted octanol–water partition coefficient (Wildman–Crippen LogP) is 1.15. The summed E-state index contributed by atoms with van der Waals surface area (Å²) < 4.78 is 0. The van der Waals surface area contributed by atoms with Crippen LogP contribution in [0.15, 0.2) is 0 Å². The van der Waals surface area contributed by atoms with Crippen molar-refractivity contribution in [2.24, 2.45) is 11.8 Å². The molecular weight excluding hydrogens is 288 g/mol. The minimum atomic E-state index is 0.235. The number of amides is 1. The first-order chi connectivity index (χ1) is 11.1. The molecule has 1 amide bonds. The first-order valence-corrected chi connectivity index (χ1v) is 9.42. The minimum absolute atomic E-state index is 0.235. The Hall–Kier alpha value is -0.650. The number of nitrogens with zero attached hydrogens (tertiary/aromatic N) is 2. The molecule has 0 aromatic rings. The van der Waals surface area contributed by atoms with E-state index in [1.165, 1.54) is 25.7 Å². The summed E-state index contributed by atoms with van der Waals surface area (Å²) >= 11 is 0. The Morgan fingerprint density at radius 1 is 1.22 bits per heavy atom. The lowest BCUT2D eigenvalue weighted by molar-refractivity contribution is -0.122. The molecule has 2 aliphatic rings. The summed E-state index contributed by atoms with van der Waals surface area (Å²) in [6.07, 6.45) is 5.61. The molecule has 0 aliphatic carbocycles. The van der Waals surface area contributed by atoms with Crippen LogP contribution in [-0.2, 0) is 4.79 Å². The number of carbonyl (C=O) groups excluding carboxylic acids is 1. The Morgan fingerprint density at radius 3 is 2.48 bits per heavy atom. The Balaban J connectivity index is 1.56. The third-order valence-corrected chi connectivity index (χ3v) is 5.73. The van der Waals surface area contributed by atoms with Crippen LogP contribution in [0.5, 0.6) is 0 Å². The predicted molar refractivity (Wildman–Crippen MR) is 95.5 cm³/mol. The van der Waals surface area contributed by atoms with E-state index in [0.717, 1.165) is 45.3 Å². The van der Waals surface area contributed by atoms with Crippen molar-refractivity contribution in [3.05, 3.63) is 0 Å². The average molecular weight is 325 g/mol. The van der Waals surface area contributed by atoms with Crippen LogP contribution in [0.1, 0.15) is 39.0 Å². The van der Waals surface area contributed by atoms with Gasteiger partial charge in [0.25, 0.3) is 0 Å². The summed E-state index contributed by atoms with van der Waals surface area (Å²) in [5.41, 5.74) is 0. The quantitative estimate of drug-likeness (QED) is 0.738. The summed E-state index contributed by atoms with van der Waals surface area (Å²) in [7, 11) is 4.34. The van der Waals surface area contributed by atoms with E-state index in [1.54, 1.807) is 0 Å². The van der Waals surface area contributed by atoms with Gasteiger partial charge in [-0.1, -0.05) is 6.92 Å². The molecule has 0 bridgehead atoms. The molecule has 2 fully saturated rings. The molecule has 1 atom stereocenters. The van der Waals surface area contributed by atoms with Gasteiger partial charge in [-0.2, -0.15) is 0 Å². The van der Waals surface area contributed by atoms with E-state index in [0.29, 0.717) is 18.3 Å². The van der Waals surface area contributed by atoms with E-state index in [4.69, 9.17) is 0 Å². The van der Waals surface area contributed by atoms with Crippen LogP contribution in [0.3, 0.4) is 0 Å². The van der Waals surface area contributed by atoms with Crippen LogP contribution in [-0.4, -0.2) is 75.1 Å². The molecule has 0 saturated carbocycles. The summed E-state index contributed by atoms with van der Waals surface area (Å²) in [6.45, 7) is 8.56. The molecule has 0 spiro atoms. The monoisotopic (exact) mass is 324 g/mol. The Morgan fingerprint density at radius 2 is 1.87 bits per heavy atom. The number of hydrogen-bond acceptors (Lipinski definition) is 4. The Bertz CT molecular complexity index is 347. The van der Waals surface area contributed by atoms with Crippen molar-refractivity contribution in [3.8, 4) is 0 Å². The van der Waals surface area contributed by atoms with E-state index in [1.807, 2.05) is 0 Å². The van der Waals surface area contributed by atoms with Gasteiger partial charge in [-0.15, -0.1) is 0 Å². The van der Waals surface area contributed by atoms with Crippen molar-refractivity contribution in [1.82, 2.24) is 20.4 Å². The maximum Gasteiger partial charge on any atom is 0.220 e. The number of hydrogen-bond donors (Lipinski definition) is 2.